The Bertz CT molecular complexity index is 2310. The first-order valence-corrected chi connectivity index (χ1v) is 16.4. The molecule has 2 heterocycles. The fraction of sp³-hybridized carbons (Fsp3) is 0.0909. The van der Waals surface area contributed by atoms with E-state index in [2.05, 4.69) is 155 Å². The maximum absolute atomic E-state index is 2.55. The Morgan fingerprint density at radius 2 is 0.891 bits per heavy atom. The van der Waals surface area contributed by atoms with Crippen LogP contribution >= 0.6 is 0 Å². The third-order valence-corrected chi connectivity index (χ3v) is 10.3. The molecule has 2 heteroatoms. The van der Waals surface area contributed by atoms with Crippen molar-refractivity contribution in [1.82, 2.24) is 0 Å². The van der Waals surface area contributed by atoms with Crippen LogP contribution in [0.15, 0.2) is 140 Å². The fourth-order valence-corrected chi connectivity index (χ4v) is 8.28. The number of anilines is 6. The van der Waals surface area contributed by atoms with Gasteiger partial charge in [-0.25, -0.2) is 0 Å². The minimum absolute atomic E-state index is 0.949. The highest BCUT2D eigenvalue weighted by Gasteiger charge is 2.30. The average Bonchev–Trinajstić information content (AvgIpc) is 3.12. The molecule has 0 saturated heterocycles. The summed E-state index contributed by atoms with van der Waals surface area (Å²) in [6.45, 7) is 0. The summed E-state index contributed by atoms with van der Waals surface area (Å²) in [5.74, 6) is 0. The van der Waals surface area contributed by atoms with Gasteiger partial charge in [0, 0.05) is 41.0 Å². The molecule has 1 aliphatic carbocycles. The lowest BCUT2D eigenvalue weighted by Gasteiger charge is -2.37. The summed E-state index contributed by atoms with van der Waals surface area (Å²) in [6, 6.07) is 49.7. The molecule has 7 aromatic carbocycles. The molecule has 0 saturated carbocycles. The Morgan fingerprint density at radius 3 is 1.46 bits per heavy atom. The van der Waals surface area contributed by atoms with E-state index in [1.807, 2.05) is 0 Å². The molecule has 7 aromatic rings. The number of para-hydroxylation sites is 4. The lowest BCUT2D eigenvalue weighted by molar-refractivity contribution is 0.977. The van der Waals surface area contributed by atoms with Crippen LogP contribution in [-0.2, 0) is 19.3 Å². The van der Waals surface area contributed by atoms with Gasteiger partial charge in [-0.1, -0.05) is 109 Å². The van der Waals surface area contributed by atoms with Gasteiger partial charge >= 0.3 is 0 Å². The Balaban J connectivity index is 1.31. The number of hydrogen-bond acceptors (Lipinski definition) is 2. The molecule has 0 aromatic heterocycles. The van der Waals surface area contributed by atoms with Gasteiger partial charge in [-0.15, -0.1) is 0 Å². The summed E-state index contributed by atoms with van der Waals surface area (Å²) < 4.78 is 0. The van der Waals surface area contributed by atoms with E-state index in [0.717, 1.165) is 25.7 Å². The number of benzene rings is 7. The van der Waals surface area contributed by atoms with Gasteiger partial charge < -0.3 is 9.80 Å². The molecule has 0 radical (unpaired) electrons. The first kappa shape index (κ1) is 25.7. The van der Waals surface area contributed by atoms with E-state index in [9.17, 15) is 0 Å². The smallest absolute Gasteiger partial charge is 0.0546 e. The standard InChI is InChI=1S/C44H32N2/c1-9-21-38-29(13-1)25-30-14-2-10-22-39(30)45(38)42-27-33-28-43(35-18-6-8-20-37(35)44(33)36-19-7-5-17-34(36)42)46-40-23-11-3-15-31(40)26-32-16-4-12-24-41(32)46/h1-5,7-17,19-24,27-28H,6,18,25-26H2. The monoisotopic (exact) mass is 588 g/mol. The molecule has 0 amide bonds. The molecular weight excluding hydrogens is 556 g/mol. The molecule has 0 spiro atoms. The molecule has 0 bridgehead atoms. The molecule has 0 unspecified atom stereocenters. The molecule has 3 aliphatic rings. The summed E-state index contributed by atoms with van der Waals surface area (Å²) in [5, 5.41) is 5.22. The number of rotatable bonds is 2. The van der Waals surface area contributed by atoms with Crippen LogP contribution in [0.5, 0.6) is 0 Å². The molecule has 0 atom stereocenters. The normalized spacial score (nSPS) is 14.4. The van der Waals surface area contributed by atoms with Crippen molar-refractivity contribution in [3.8, 4) is 0 Å². The lowest BCUT2D eigenvalue weighted by atomic mass is 9.85. The van der Waals surface area contributed by atoms with Crippen molar-refractivity contribution in [2.75, 3.05) is 9.80 Å². The van der Waals surface area contributed by atoms with Gasteiger partial charge in [0.05, 0.1) is 11.4 Å². The summed E-state index contributed by atoms with van der Waals surface area (Å²) in [7, 11) is 0. The Morgan fingerprint density at radius 1 is 0.435 bits per heavy atom. The molecule has 46 heavy (non-hydrogen) atoms. The number of fused-ring (bicyclic) bond motifs is 9. The van der Waals surface area contributed by atoms with Crippen LogP contribution in [0.3, 0.4) is 0 Å². The molecule has 218 valence electrons. The summed E-state index contributed by atoms with van der Waals surface area (Å²) in [6.07, 6.45) is 8.75. The van der Waals surface area contributed by atoms with Crippen molar-refractivity contribution in [3.05, 3.63) is 173 Å². The summed E-state index contributed by atoms with van der Waals surface area (Å²) in [5.41, 5.74) is 15.9. The SMILES string of the molecule is C1=Cc2c(c(N3c4ccccc4Cc4ccccc43)cc3cc(N4c5ccccc5Cc5ccccc54)c4ccccc4c23)CC1. The van der Waals surface area contributed by atoms with Crippen LogP contribution in [0.1, 0.15) is 39.8 Å². The van der Waals surface area contributed by atoms with Gasteiger partial charge in [-0.2, -0.15) is 0 Å². The van der Waals surface area contributed by atoms with Crippen LogP contribution in [0, 0.1) is 0 Å². The number of allylic oxidation sites excluding steroid dienone is 1. The predicted octanol–water partition coefficient (Wildman–Crippen LogP) is 11.7. The average molecular weight is 589 g/mol. The topological polar surface area (TPSA) is 6.48 Å². The van der Waals surface area contributed by atoms with Crippen LogP contribution in [-0.4, -0.2) is 0 Å². The largest absolute Gasteiger partial charge is 0.310 e. The first-order valence-electron chi connectivity index (χ1n) is 16.4. The molecule has 10 rings (SSSR count). The van der Waals surface area contributed by atoms with Crippen molar-refractivity contribution in [2.45, 2.75) is 25.7 Å². The van der Waals surface area contributed by atoms with E-state index in [1.54, 1.807) is 0 Å². The van der Waals surface area contributed by atoms with E-state index >= 15 is 0 Å². The van der Waals surface area contributed by atoms with Gasteiger partial charge in [0.25, 0.3) is 0 Å². The number of hydrogen-bond donors (Lipinski definition) is 0. The van der Waals surface area contributed by atoms with E-state index in [4.69, 9.17) is 0 Å². The second kappa shape index (κ2) is 9.95. The second-order valence-electron chi connectivity index (χ2n) is 12.8. The van der Waals surface area contributed by atoms with Crippen molar-refractivity contribution in [3.63, 3.8) is 0 Å². The van der Waals surface area contributed by atoms with Gasteiger partial charge in [0.15, 0.2) is 0 Å². The predicted molar refractivity (Wildman–Crippen MR) is 194 cm³/mol. The van der Waals surface area contributed by atoms with Crippen molar-refractivity contribution in [1.29, 1.82) is 0 Å². The first-order chi connectivity index (χ1) is 22.8. The Kier molecular flexibility index (Phi) is 5.56. The minimum atomic E-state index is 0.949. The van der Waals surface area contributed by atoms with E-state index in [0.29, 0.717) is 0 Å². The highest BCUT2D eigenvalue weighted by atomic mass is 15.2. The summed E-state index contributed by atoms with van der Waals surface area (Å²) in [4.78, 5) is 5.06. The van der Waals surface area contributed by atoms with Crippen molar-refractivity contribution in [2.24, 2.45) is 0 Å². The molecule has 0 fully saturated rings. The van der Waals surface area contributed by atoms with E-state index < -0.39 is 0 Å². The zero-order valence-electron chi connectivity index (χ0n) is 25.6. The van der Waals surface area contributed by atoms with E-state index in [1.165, 1.54) is 89.0 Å². The van der Waals surface area contributed by atoms with Crippen LogP contribution in [0.4, 0.5) is 34.1 Å². The quantitative estimate of drug-likeness (QED) is 0.185. The summed E-state index contributed by atoms with van der Waals surface area (Å²) >= 11 is 0. The second-order valence-corrected chi connectivity index (χ2v) is 12.8. The molecular formula is C44H32N2. The highest BCUT2D eigenvalue weighted by molar-refractivity contribution is 6.19. The van der Waals surface area contributed by atoms with Crippen molar-refractivity contribution < 1.29 is 0 Å². The van der Waals surface area contributed by atoms with Gasteiger partial charge in [-0.05, 0) is 98.8 Å². The third kappa shape index (κ3) is 3.71. The minimum Gasteiger partial charge on any atom is -0.310 e. The molecule has 2 aliphatic heterocycles. The van der Waals surface area contributed by atoms with Gasteiger partial charge in [0.2, 0.25) is 0 Å². The molecule has 0 N–H and O–H groups in total. The highest BCUT2D eigenvalue weighted by Crippen LogP contribution is 2.51. The molecule has 2 nitrogen and oxygen atoms in total. The van der Waals surface area contributed by atoms with Gasteiger partial charge in [-0.3, -0.25) is 0 Å². The van der Waals surface area contributed by atoms with Crippen LogP contribution in [0.2, 0.25) is 0 Å². The lowest BCUT2D eigenvalue weighted by Crippen LogP contribution is -2.21. The Hall–Kier alpha value is -5.60. The maximum Gasteiger partial charge on any atom is 0.0546 e. The maximum atomic E-state index is 2.55. The Labute approximate surface area is 269 Å². The van der Waals surface area contributed by atoms with Crippen LogP contribution in [0.25, 0.3) is 27.6 Å². The fourth-order valence-electron chi connectivity index (χ4n) is 8.28. The number of nitrogens with zero attached hydrogens (tertiary/aromatic N) is 2. The third-order valence-electron chi connectivity index (χ3n) is 10.3. The zero-order chi connectivity index (χ0) is 30.2. The van der Waals surface area contributed by atoms with E-state index in [-0.39, 0.29) is 0 Å². The van der Waals surface area contributed by atoms with Crippen molar-refractivity contribution >= 4 is 61.7 Å². The zero-order valence-corrected chi connectivity index (χ0v) is 25.6. The van der Waals surface area contributed by atoms with Crippen LogP contribution < -0.4 is 9.80 Å². The van der Waals surface area contributed by atoms with Gasteiger partial charge in [0.1, 0.15) is 0 Å².